The van der Waals surface area contributed by atoms with Crippen LogP contribution in [0.1, 0.15) is 42.6 Å². The van der Waals surface area contributed by atoms with Crippen LogP contribution in [-0.2, 0) is 17.1 Å². The lowest BCUT2D eigenvalue weighted by Crippen LogP contribution is -2.44. The predicted molar refractivity (Wildman–Crippen MR) is 124 cm³/mol. The summed E-state index contributed by atoms with van der Waals surface area (Å²) in [5.41, 5.74) is 1.04. The maximum atomic E-state index is 15.2. The van der Waals surface area contributed by atoms with Crippen molar-refractivity contribution in [3.05, 3.63) is 53.0 Å². The first-order chi connectivity index (χ1) is 17.0. The van der Waals surface area contributed by atoms with Crippen LogP contribution in [0.2, 0.25) is 0 Å². The van der Waals surface area contributed by atoms with Gasteiger partial charge in [0, 0.05) is 55.5 Å². The number of piperidine rings is 1. The molecule has 2 aliphatic heterocycles. The van der Waals surface area contributed by atoms with Gasteiger partial charge in [0.25, 0.3) is 10.0 Å². The number of rotatable bonds is 5. The van der Waals surface area contributed by atoms with E-state index in [2.05, 4.69) is 14.8 Å². The molecule has 0 spiro atoms. The number of anilines is 1. The number of aryl methyl sites for hydroxylation is 1. The first-order valence-corrected chi connectivity index (χ1v) is 13.6. The third-order valence-electron chi connectivity index (χ3n) is 6.72. The predicted octanol–water partition coefficient (Wildman–Crippen LogP) is 4.66. The third kappa shape index (κ3) is 4.68. The zero-order chi connectivity index (χ0) is 25.7. The Morgan fingerprint density at radius 1 is 1.19 bits per heavy atom. The summed E-state index contributed by atoms with van der Waals surface area (Å²) in [5, 5.41) is 5.81. The van der Waals surface area contributed by atoms with Gasteiger partial charge in [0.2, 0.25) is 0 Å². The minimum atomic E-state index is -4.32. The molecule has 36 heavy (non-hydrogen) atoms. The molecule has 8 nitrogen and oxygen atoms in total. The molecule has 4 heterocycles. The standard InChI is InChI=1S/C22H23F4N5O3S2/c1-30-17(2-5-28-30)18-10-13(22(24,25)26)3-7-31(18)16-4-8-34-19-12-20(15(23)11-14(16)19)36(32,33)29-21-27-6-9-35-21/h2,5-6,9,11-13,16,18H,3-4,7-8,10H2,1H3,(H,27,29)/t13?,16-,18-/m0/s1. The highest BCUT2D eigenvalue weighted by Gasteiger charge is 2.47. The molecule has 1 aromatic carbocycles. The van der Waals surface area contributed by atoms with Crippen molar-refractivity contribution in [3.63, 3.8) is 0 Å². The van der Waals surface area contributed by atoms with Crippen molar-refractivity contribution < 1.29 is 30.7 Å². The topological polar surface area (TPSA) is 89.4 Å². The SMILES string of the molecule is Cn1nccc1[C@@H]1CC(C(F)(F)F)CCN1[C@H]1CCOc2cc(S(=O)(=O)Nc3nccs3)c(F)cc21. The van der Waals surface area contributed by atoms with Crippen LogP contribution in [0.3, 0.4) is 0 Å². The summed E-state index contributed by atoms with van der Waals surface area (Å²) < 4.78 is 91.2. The van der Waals surface area contributed by atoms with Gasteiger partial charge in [-0.25, -0.2) is 17.8 Å². The molecule has 5 rings (SSSR count). The van der Waals surface area contributed by atoms with E-state index in [1.54, 1.807) is 23.2 Å². The molecule has 0 aliphatic carbocycles. The van der Waals surface area contributed by atoms with Gasteiger partial charge in [0.1, 0.15) is 16.5 Å². The Bertz CT molecular complexity index is 1340. The van der Waals surface area contributed by atoms with Crippen molar-refractivity contribution in [2.45, 2.75) is 42.4 Å². The Morgan fingerprint density at radius 3 is 2.67 bits per heavy atom. The molecule has 194 valence electrons. The molecular formula is C22H23F4N5O3S2. The van der Waals surface area contributed by atoms with Crippen molar-refractivity contribution in [1.82, 2.24) is 19.7 Å². The summed E-state index contributed by atoms with van der Waals surface area (Å²) >= 11 is 1.05. The van der Waals surface area contributed by atoms with Crippen molar-refractivity contribution in [1.29, 1.82) is 0 Å². The van der Waals surface area contributed by atoms with E-state index in [1.165, 1.54) is 12.4 Å². The summed E-state index contributed by atoms with van der Waals surface area (Å²) in [4.78, 5) is 5.21. The van der Waals surface area contributed by atoms with E-state index in [0.717, 1.165) is 23.5 Å². The minimum absolute atomic E-state index is 0.0861. The molecule has 0 saturated carbocycles. The quantitative estimate of drug-likeness (QED) is 0.470. The van der Waals surface area contributed by atoms with Crippen LogP contribution in [0.25, 0.3) is 0 Å². The number of likely N-dealkylation sites (tertiary alicyclic amines) is 1. The van der Waals surface area contributed by atoms with E-state index in [4.69, 9.17) is 4.74 Å². The highest BCUT2D eigenvalue weighted by molar-refractivity contribution is 7.93. The summed E-state index contributed by atoms with van der Waals surface area (Å²) in [7, 11) is -2.60. The van der Waals surface area contributed by atoms with Crippen LogP contribution < -0.4 is 9.46 Å². The first kappa shape index (κ1) is 25.0. The maximum Gasteiger partial charge on any atom is 0.391 e. The Balaban J connectivity index is 1.50. The molecular weight excluding hydrogens is 522 g/mol. The van der Waals surface area contributed by atoms with Gasteiger partial charge in [-0.2, -0.15) is 18.3 Å². The lowest BCUT2D eigenvalue weighted by atomic mass is 9.85. The lowest BCUT2D eigenvalue weighted by molar-refractivity contribution is -0.192. The second-order valence-electron chi connectivity index (χ2n) is 8.81. The molecule has 1 unspecified atom stereocenters. The molecule has 3 atom stereocenters. The molecule has 1 N–H and O–H groups in total. The van der Waals surface area contributed by atoms with Crippen LogP contribution in [0.15, 0.2) is 40.9 Å². The molecule has 0 bridgehead atoms. The number of nitrogens with zero attached hydrogens (tertiary/aromatic N) is 4. The fraction of sp³-hybridized carbons (Fsp3) is 0.455. The van der Waals surface area contributed by atoms with Crippen LogP contribution in [0.5, 0.6) is 5.75 Å². The van der Waals surface area contributed by atoms with E-state index >= 15 is 4.39 Å². The number of hydrogen-bond acceptors (Lipinski definition) is 7. The zero-order valence-electron chi connectivity index (χ0n) is 19.1. The van der Waals surface area contributed by atoms with E-state index < -0.39 is 44.9 Å². The Hall–Kier alpha value is -2.71. The zero-order valence-corrected chi connectivity index (χ0v) is 20.7. The fourth-order valence-electron chi connectivity index (χ4n) is 5.02. The highest BCUT2D eigenvalue weighted by Crippen LogP contribution is 2.48. The number of alkyl halides is 3. The molecule has 1 fully saturated rings. The van der Waals surface area contributed by atoms with Crippen LogP contribution in [0, 0.1) is 11.7 Å². The van der Waals surface area contributed by atoms with Crippen LogP contribution in [-0.4, -0.2) is 47.4 Å². The summed E-state index contributed by atoms with van der Waals surface area (Å²) in [6.45, 7) is 0.345. The third-order valence-corrected chi connectivity index (χ3v) is 8.89. The Morgan fingerprint density at radius 2 is 2.00 bits per heavy atom. The van der Waals surface area contributed by atoms with E-state index in [1.807, 2.05) is 4.90 Å². The van der Waals surface area contributed by atoms with Crippen molar-refractivity contribution in [2.75, 3.05) is 17.9 Å². The number of thiazole rings is 1. The van der Waals surface area contributed by atoms with Gasteiger partial charge in [-0.1, -0.05) is 0 Å². The molecule has 1 saturated heterocycles. The van der Waals surface area contributed by atoms with Gasteiger partial charge in [-0.3, -0.25) is 14.3 Å². The second kappa shape index (κ2) is 9.30. The van der Waals surface area contributed by atoms with Gasteiger partial charge in [-0.05, 0) is 25.0 Å². The molecule has 2 aromatic heterocycles. The number of nitrogens with one attached hydrogen (secondary N) is 1. The Labute approximate surface area is 208 Å². The fourth-order valence-corrected chi connectivity index (χ4v) is 6.89. The molecule has 0 amide bonds. The number of fused-ring (bicyclic) bond motifs is 1. The average Bonchev–Trinajstić information content (AvgIpc) is 3.48. The highest BCUT2D eigenvalue weighted by atomic mass is 32.2. The van der Waals surface area contributed by atoms with E-state index in [9.17, 15) is 21.6 Å². The molecule has 14 heteroatoms. The normalized spacial score (nSPS) is 23.2. The Kier molecular flexibility index (Phi) is 6.45. The number of ether oxygens (including phenoxy) is 1. The molecule has 2 aliphatic rings. The van der Waals surface area contributed by atoms with Crippen molar-refractivity contribution in [3.8, 4) is 5.75 Å². The van der Waals surface area contributed by atoms with Gasteiger partial charge in [0.05, 0.1) is 24.3 Å². The monoisotopic (exact) mass is 545 g/mol. The van der Waals surface area contributed by atoms with E-state index in [0.29, 0.717) is 17.7 Å². The number of sulfonamides is 1. The first-order valence-electron chi connectivity index (χ1n) is 11.2. The summed E-state index contributed by atoms with van der Waals surface area (Å²) in [6, 6.07) is 2.88. The number of aromatic nitrogens is 3. The smallest absolute Gasteiger partial charge is 0.391 e. The average molecular weight is 546 g/mol. The van der Waals surface area contributed by atoms with E-state index in [-0.39, 0.29) is 36.9 Å². The van der Waals surface area contributed by atoms with Crippen LogP contribution >= 0.6 is 11.3 Å². The second-order valence-corrected chi connectivity index (χ2v) is 11.4. The minimum Gasteiger partial charge on any atom is -0.493 e. The van der Waals surface area contributed by atoms with Crippen molar-refractivity contribution in [2.24, 2.45) is 13.0 Å². The lowest BCUT2D eigenvalue weighted by Gasteiger charge is -2.45. The summed E-state index contributed by atoms with van der Waals surface area (Å²) in [6.07, 6.45) is -1.19. The van der Waals surface area contributed by atoms with Gasteiger partial charge in [-0.15, -0.1) is 11.3 Å². The maximum absolute atomic E-state index is 15.2. The largest absolute Gasteiger partial charge is 0.493 e. The van der Waals surface area contributed by atoms with Crippen LogP contribution in [0.4, 0.5) is 22.7 Å². The van der Waals surface area contributed by atoms with Gasteiger partial charge < -0.3 is 4.74 Å². The summed E-state index contributed by atoms with van der Waals surface area (Å²) in [5.74, 6) is -2.25. The van der Waals surface area contributed by atoms with Gasteiger partial charge in [0.15, 0.2) is 5.13 Å². The molecule has 0 radical (unpaired) electrons. The molecule has 3 aromatic rings. The number of hydrogen-bond donors (Lipinski definition) is 1. The van der Waals surface area contributed by atoms with Gasteiger partial charge >= 0.3 is 6.18 Å². The number of halogens is 4. The number of benzene rings is 1. The van der Waals surface area contributed by atoms with Crippen molar-refractivity contribution >= 4 is 26.5 Å².